The normalized spacial score (nSPS) is 39.4. The summed E-state index contributed by atoms with van der Waals surface area (Å²) in [6.07, 6.45) is -8.77. The molecule has 2 aliphatic carbocycles. The molecule has 4 aliphatic rings. The zero-order chi connectivity index (χ0) is 28.9. The number of aromatic hydroxyl groups is 1. The molecule has 11 nitrogen and oxygen atoms in total. The van der Waals surface area contributed by atoms with Crippen LogP contribution in [0.4, 0.5) is 0 Å². The lowest BCUT2D eigenvalue weighted by atomic mass is 9.81. The third-order valence-electron chi connectivity index (χ3n) is 8.46. The molecule has 0 radical (unpaired) electrons. The van der Waals surface area contributed by atoms with Gasteiger partial charge in [0.1, 0.15) is 42.4 Å². The Hall–Kier alpha value is -3.06. The summed E-state index contributed by atoms with van der Waals surface area (Å²) < 4.78 is 23.2. The van der Waals surface area contributed by atoms with Gasteiger partial charge in [-0.05, 0) is 35.6 Å². The molecule has 2 aliphatic heterocycles. The number of phenolic OH excluding ortho intramolecular Hbond substituents is 1. The fourth-order valence-corrected chi connectivity index (χ4v) is 6.33. The van der Waals surface area contributed by atoms with E-state index in [1.165, 1.54) is 12.1 Å². The fraction of sp³-hybridized carbons (Fsp3) is 0.517. The topological polar surface area (TPSA) is 172 Å². The van der Waals surface area contributed by atoms with E-state index in [1.807, 2.05) is 0 Å². The molecule has 2 saturated heterocycles. The molecule has 0 amide bonds. The third kappa shape index (κ3) is 5.09. The molecule has 40 heavy (non-hydrogen) atoms. The number of rotatable bonds is 6. The van der Waals surface area contributed by atoms with Crippen LogP contribution in [0.2, 0.25) is 0 Å². The van der Waals surface area contributed by atoms with E-state index < -0.39 is 79.4 Å². The highest BCUT2D eigenvalue weighted by atomic mass is 16.7. The Balaban J connectivity index is 1.34. The van der Waals surface area contributed by atoms with Crippen molar-refractivity contribution in [3.8, 4) is 5.75 Å². The van der Waals surface area contributed by atoms with Crippen molar-refractivity contribution in [2.24, 2.45) is 17.8 Å². The first-order chi connectivity index (χ1) is 19.0. The third-order valence-corrected chi connectivity index (χ3v) is 8.46. The van der Waals surface area contributed by atoms with Crippen molar-refractivity contribution < 1.29 is 54.1 Å². The number of carbonyl (C=O) groups excluding carboxylic acids is 2. The minimum atomic E-state index is -1.59. The Bertz CT molecular complexity index is 1190. The monoisotopic (exact) mass is 558 g/mol. The van der Waals surface area contributed by atoms with Gasteiger partial charge in [0, 0.05) is 17.9 Å². The van der Waals surface area contributed by atoms with E-state index >= 15 is 0 Å². The first-order valence-corrected chi connectivity index (χ1v) is 13.2. The Morgan fingerprint density at radius 3 is 2.40 bits per heavy atom. The molecule has 0 bridgehead atoms. The molecule has 216 valence electrons. The molecule has 1 aromatic rings. The first-order valence-electron chi connectivity index (χ1n) is 13.2. The van der Waals surface area contributed by atoms with Crippen LogP contribution in [-0.4, -0.2) is 93.1 Å². The first kappa shape index (κ1) is 28.5. The number of phenols is 1. The van der Waals surface area contributed by atoms with Crippen molar-refractivity contribution in [2.75, 3.05) is 6.61 Å². The zero-order valence-corrected chi connectivity index (χ0v) is 21.8. The number of hydrogen-bond acceptors (Lipinski definition) is 11. The minimum absolute atomic E-state index is 0.0313. The number of hydrogen-bond donors (Lipinski definition) is 5. The van der Waals surface area contributed by atoms with Gasteiger partial charge in [-0.15, -0.1) is 0 Å². The second-order valence-electron chi connectivity index (χ2n) is 10.9. The number of benzene rings is 1. The van der Waals surface area contributed by atoms with Gasteiger partial charge in [0.05, 0.1) is 25.0 Å². The van der Waals surface area contributed by atoms with Crippen LogP contribution < -0.4 is 0 Å². The Labute approximate surface area is 230 Å². The summed E-state index contributed by atoms with van der Waals surface area (Å²) in [4.78, 5) is 25.5. The molecule has 0 aromatic heterocycles. The van der Waals surface area contributed by atoms with E-state index in [0.717, 1.165) is 5.57 Å². The van der Waals surface area contributed by atoms with Crippen LogP contribution in [0.1, 0.15) is 18.4 Å². The lowest BCUT2D eigenvalue weighted by Gasteiger charge is -2.40. The average Bonchev–Trinajstić information content (AvgIpc) is 3.36. The van der Waals surface area contributed by atoms with Crippen molar-refractivity contribution in [3.05, 3.63) is 66.3 Å². The molecule has 11 atom stereocenters. The van der Waals surface area contributed by atoms with Gasteiger partial charge in [-0.1, -0.05) is 37.4 Å². The van der Waals surface area contributed by atoms with Gasteiger partial charge in [0.15, 0.2) is 6.29 Å². The molecule has 11 heteroatoms. The maximum atomic E-state index is 12.9. The fourth-order valence-electron chi connectivity index (χ4n) is 6.33. The van der Waals surface area contributed by atoms with Gasteiger partial charge in [-0.3, -0.25) is 4.79 Å². The van der Waals surface area contributed by atoms with Crippen LogP contribution in [0.5, 0.6) is 5.75 Å². The predicted octanol–water partition coefficient (Wildman–Crippen LogP) is 0.282. The van der Waals surface area contributed by atoms with E-state index in [4.69, 9.17) is 18.9 Å². The van der Waals surface area contributed by atoms with Crippen molar-refractivity contribution in [2.45, 2.75) is 68.3 Å². The molecule has 1 aromatic carbocycles. The number of aliphatic hydroxyl groups excluding tert-OH is 4. The quantitative estimate of drug-likeness (QED) is 0.184. The van der Waals surface area contributed by atoms with Crippen LogP contribution in [0.25, 0.3) is 0 Å². The predicted molar refractivity (Wildman–Crippen MR) is 137 cm³/mol. The van der Waals surface area contributed by atoms with Gasteiger partial charge >= 0.3 is 11.9 Å². The molecule has 0 spiro atoms. The Kier molecular flexibility index (Phi) is 7.88. The van der Waals surface area contributed by atoms with E-state index in [0.29, 0.717) is 17.6 Å². The Morgan fingerprint density at radius 1 is 1.02 bits per heavy atom. The van der Waals surface area contributed by atoms with Gasteiger partial charge in [-0.2, -0.15) is 0 Å². The van der Waals surface area contributed by atoms with E-state index in [-0.39, 0.29) is 30.1 Å². The number of fused-ring (bicyclic) bond motifs is 3. The second-order valence-corrected chi connectivity index (χ2v) is 10.9. The summed E-state index contributed by atoms with van der Waals surface area (Å²) in [6, 6.07) is 6.20. The molecular weight excluding hydrogens is 524 g/mol. The van der Waals surface area contributed by atoms with Gasteiger partial charge < -0.3 is 44.5 Å². The van der Waals surface area contributed by atoms with E-state index in [2.05, 4.69) is 19.7 Å². The SMILES string of the molecule is C=C1C(=O)O[C@@H]2[C@@H]1[C@H](OC(=O)Cc1ccc(O)cc1)CC(=C)[C@H]1C[C@H](O[C@@H]3O[C@H](CO)[C@H](O)[C@@H](O)[C@H]3O)C(=C)[C@@H]21. The van der Waals surface area contributed by atoms with Gasteiger partial charge in [-0.25, -0.2) is 4.79 Å². The van der Waals surface area contributed by atoms with Crippen LogP contribution in [0.3, 0.4) is 0 Å². The van der Waals surface area contributed by atoms with E-state index in [1.54, 1.807) is 12.1 Å². The van der Waals surface area contributed by atoms with Gasteiger partial charge in [0.2, 0.25) is 0 Å². The van der Waals surface area contributed by atoms with Crippen molar-refractivity contribution in [1.82, 2.24) is 0 Å². The van der Waals surface area contributed by atoms with Crippen molar-refractivity contribution in [1.29, 1.82) is 0 Å². The van der Waals surface area contributed by atoms with Crippen LogP contribution >= 0.6 is 0 Å². The molecule has 2 heterocycles. The summed E-state index contributed by atoms with van der Waals surface area (Å²) in [7, 11) is 0. The number of esters is 2. The Morgan fingerprint density at radius 2 is 1.73 bits per heavy atom. The number of aliphatic hydroxyl groups is 4. The van der Waals surface area contributed by atoms with Crippen LogP contribution in [0.15, 0.2) is 60.7 Å². The summed E-state index contributed by atoms with van der Waals surface area (Å²) in [5, 5.41) is 49.7. The summed E-state index contributed by atoms with van der Waals surface area (Å²) >= 11 is 0. The standard InChI is InChI=1S/C29H34O11/c1-12-8-19(37-21(32)9-15-4-6-16(31)7-5-15)23-14(3)28(36)40-27(23)22-13(2)18(10-17(12)22)38-29-26(35)25(34)24(33)20(11-30)39-29/h4-7,17-20,22-27,29-31,33-35H,1-3,8-11H2/t17-,18+,19-,20-,22-,23+,24+,25-,26-,27+,29-/m1/s1. The highest BCUT2D eigenvalue weighted by Crippen LogP contribution is 2.53. The number of ether oxygens (including phenoxy) is 4. The van der Waals surface area contributed by atoms with Crippen molar-refractivity contribution >= 4 is 11.9 Å². The molecule has 2 saturated carbocycles. The maximum Gasteiger partial charge on any atom is 0.334 e. The number of carbonyl (C=O) groups is 2. The molecule has 0 unspecified atom stereocenters. The van der Waals surface area contributed by atoms with Crippen molar-refractivity contribution in [3.63, 3.8) is 0 Å². The summed E-state index contributed by atoms with van der Waals surface area (Å²) in [6.45, 7) is 11.8. The highest BCUT2D eigenvalue weighted by molar-refractivity contribution is 5.91. The maximum absolute atomic E-state index is 12.9. The molecule has 5 N–H and O–H groups in total. The zero-order valence-electron chi connectivity index (χ0n) is 21.8. The summed E-state index contributed by atoms with van der Waals surface area (Å²) in [5.74, 6) is -2.38. The lowest BCUT2D eigenvalue weighted by Crippen LogP contribution is -2.59. The van der Waals surface area contributed by atoms with Gasteiger partial charge in [0.25, 0.3) is 0 Å². The molecule has 5 rings (SSSR count). The molecule has 4 fully saturated rings. The largest absolute Gasteiger partial charge is 0.508 e. The molecular formula is C29H34O11. The van der Waals surface area contributed by atoms with E-state index in [9.17, 15) is 35.1 Å². The summed E-state index contributed by atoms with van der Waals surface area (Å²) in [5.41, 5.74) is 2.14. The van der Waals surface area contributed by atoms with Crippen LogP contribution in [0, 0.1) is 17.8 Å². The second kappa shape index (κ2) is 11.1. The lowest BCUT2D eigenvalue weighted by molar-refractivity contribution is -0.308. The van der Waals surface area contributed by atoms with Crippen LogP contribution in [-0.2, 0) is 35.0 Å². The minimum Gasteiger partial charge on any atom is -0.508 e. The average molecular weight is 559 g/mol. The highest BCUT2D eigenvalue weighted by Gasteiger charge is 2.58. The smallest absolute Gasteiger partial charge is 0.334 e.